The average molecular weight is 415 g/mol. The molecule has 5 nitrogen and oxygen atoms in total. The Balaban J connectivity index is 1.91. The Kier molecular flexibility index (Phi) is 6.43. The molecule has 1 aromatic carbocycles. The molecule has 0 bridgehead atoms. The number of benzene rings is 1. The van der Waals surface area contributed by atoms with Gasteiger partial charge < -0.3 is 15.0 Å². The molecule has 0 saturated carbocycles. The quantitative estimate of drug-likeness (QED) is 0.820. The maximum absolute atomic E-state index is 13.2. The van der Waals surface area contributed by atoms with Crippen molar-refractivity contribution in [2.45, 2.75) is 51.7 Å². The highest BCUT2D eigenvalue weighted by molar-refractivity contribution is 9.10. The van der Waals surface area contributed by atoms with E-state index in [-0.39, 0.29) is 24.2 Å². The first kappa shape index (κ1) is 19.7. The molecule has 2 amide bonds. The van der Waals surface area contributed by atoms with Crippen molar-refractivity contribution in [3.8, 4) is 0 Å². The number of ether oxygens (including phenoxy) is 1. The summed E-state index contributed by atoms with van der Waals surface area (Å²) >= 11 is 3.29. The first-order valence-electron chi connectivity index (χ1n) is 8.35. The number of alkyl carbamates (subject to hydrolysis) is 1. The third-order valence-electron chi connectivity index (χ3n) is 3.85. The SMILES string of the molecule is CC(C)(C)OC(=O)N[C@H]1CCCN(C(=O)Cc2ccc(F)cc2Br)C1. The van der Waals surface area contributed by atoms with Gasteiger partial charge in [-0.15, -0.1) is 0 Å². The minimum atomic E-state index is -0.552. The van der Waals surface area contributed by atoms with Crippen LogP contribution in [0.15, 0.2) is 22.7 Å². The number of carbonyl (C=O) groups is 2. The van der Waals surface area contributed by atoms with Crippen LogP contribution < -0.4 is 5.32 Å². The van der Waals surface area contributed by atoms with E-state index in [4.69, 9.17) is 4.74 Å². The molecule has 0 aliphatic carbocycles. The van der Waals surface area contributed by atoms with Gasteiger partial charge in [0.1, 0.15) is 11.4 Å². The molecule has 1 N–H and O–H groups in total. The van der Waals surface area contributed by atoms with Gasteiger partial charge in [0.25, 0.3) is 0 Å². The Bertz CT molecular complexity index is 646. The zero-order valence-corrected chi connectivity index (χ0v) is 16.4. The van der Waals surface area contributed by atoms with Crippen molar-refractivity contribution in [1.29, 1.82) is 0 Å². The maximum Gasteiger partial charge on any atom is 0.407 e. The van der Waals surface area contributed by atoms with Gasteiger partial charge in [-0.1, -0.05) is 22.0 Å². The molecule has 0 spiro atoms. The van der Waals surface area contributed by atoms with Crippen molar-refractivity contribution in [3.05, 3.63) is 34.1 Å². The van der Waals surface area contributed by atoms with Gasteiger partial charge in [-0.2, -0.15) is 0 Å². The van der Waals surface area contributed by atoms with Crippen molar-refractivity contribution in [3.63, 3.8) is 0 Å². The summed E-state index contributed by atoms with van der Waals surface area (Å²) in [5.41, 5.74) is 0.192. The van der Waals surface area contributed by atoms with E-state index in [1.807, 2.05) is 20.8 Å². The van der Waals surface area contributed by atoms with Crippen LogP contribution in [-0.4, -0.2) is 41.6 Å². The Morgan fingerprint density at radius 2 is 2.12 bits per heavy atom. The third kappa shape index (κ3) is 6.30. The molecule has 0 unspecified atom stereocenters. The van der Waals surface area contributed by atoms with E-state index in [1.54, 1.807) is 11.0 Å². The van der Waals surface area contributed by atoms with Gasteiger partial charge in [0, 0.05) is 23.6 Å². The second kappa shape index (κ2) is 8.17. The number of rotatable bonds is 3. The van der Waals surface area contributed by atoms with Crippen molar-refractivity contribution in [2.24, 2.45) is 0 Å². The van der Waals surface area contributed by atoms with Crippen LogP contribution >= 0.6 is 15.9 Å². The highest BCUT2D eigenvalue weighted by Crippen LogP contribution is 2.20. The highest BCUT2D eigenvalue weighted by atomic mass is 79.9. The second-order valence-corrected chi connectivity index (χ2v) is 8.09. The molecule has 1 atom stereocenters. The Morgan fingerprint density at radius 3 is 2.76 bits per heavy atom. The minimum absolute atomic E-state index is 0.0389. The lowest BCUT2D eigenvalue weighted by atomic mass is 10.0. The molecule has 138 valence electrons. The van der Waals surface area contributed by atoms with Crippen molar-refractivity contribution in [2.75, 3.05) is 13.1 Å². The first-order chi connectivity index (χ1) is 11.6. The van der Waals surface area contributed by atoms with Crippen molar-refractivity contribution in [1.82, 2.24) is 10.2 Å². The van der Waals surface area contributed by atoms with Crippen LogP contribution in [0.2, 0.25) is 0 Å². The topological polar surface area (TPSA) is 58.6 Å². The number of halogens is 2. The summed E-state index contributed by atoms with van der Waals surface area (Å²) in [7, 11) is 0. The standard InChI is InChI=1S/C18H24BrFN2O3/c1-18(2,3)25-17(24)21-14-5-4-8-22(11-14)16(23)9-12-6-7-13(20)10-15(12)19/h6-7,10,14H,4-5,8-9,11H2,1-3H3,(H,21,24)/t14-/m0/s1. The number of nitrogens with zero attached hydrogens (tertiary/aromatic N) is 1. The average Bonchev–Trinajstić information content (AvgIpc) is 2.48. The summed E-state index contributed by atoms with van der Waals surface area (Å²) in [5.74, 6) is -0.384. The monoisotopic (exact) mass is 414 g/mol. The van der Waals surface area contributed by atoms with E-state index in [9.17, 15) is 14.0 Å². The Morgan fingerprint density at radius 1 is 1.40 bits per heavy atom. The minimum Gasteiger partial charge on any atom is -0.444 e. The van der Waals surface area contributed by atoms with E-state index in [1.165, 1.54) is 12.1 Å². The van der Waals surface area contributed by atoms with Gasteiger partial charge in [-0.25, -0.2) is 9.18 Å². The van der Waals surface area contributed by atoms with Gasteiger partial charge in [-0.3, -0.25) is 4.79 Å². The molecule has 1 aliphatic rings. The summed E-state index contributed by atoms with van der Waals surface area (Å²) in [6.45, 7) is 6.54. The lowest BCUT2D eigenvalue weighted by molar-refractivity contribution is -0.131. The molecular weight excluding hydrogens is 391 g/mol. The maximum atomic E-state index is 13.2. The van der Waals surface area contributed by atoms with Crippen LogP contribution in [0.3, 0.4) is 0 Å². The number of amides is 2. The molecular formula is C18H24BrFN2O3. The van der Waals surface area contributed by atoms with Crippen molar-refractivity contribution >= 4 is 27.9 Å². The lowest BCUT2D eigenvalue weighted by Gasteiger charge is -2.33. The lowest BCUT2D eigenvalue weighted by Crippen LogP contribution is -2.50. The molecule has 0 radical (unpaired) electrons. The third-order valence-corrected chi connectivity index (χ3v) is 4.59. The number of piperidine rings is 1. The molecule has 7 heteroatoms. The number of hydrogen-bond donors (Lipinski definition) is 1. The van der Waals surface area contributed by atoms with E-state index in [0.717, 1.165) is 18.4 Å². The molecule has 0 aromatic heterocycles. The van der Waals surface area contributed by atoms with E-state index >= 15 is 0 Å². The van der Waals surface area contributed by atoms with E-state index in [0.29, 0.717) is 17.6 Å². The summed E-state index contributed by atoms with van der Waals surface area (Å²) in [6, 6.07) is 4.18. The molecule has 1 aromatic rings. The zero-order valence-electron chi connectivity index (χ0n) is 14.8. The van der Waals surface area contributed by atoms with E-state index < -0.39 is 11.7 Å². The predicted octanol–water partition coefficient (Wildman–Crippen LogP) is 3.65. The summed E-state index contributed by atoms with van der Waals surface area (Å²) < 4.78 is 19.0. The summed E-state index contributed by atoms with van der Waals surface area (Å²) in [4.78, 5) is 26.2. The fraction of sp³-hybridized carbons (Fsp3) is 0.556. The molecule has 25 heavy (non-hydrogen) atoms. The van der Waals surface area contributed by atoms with Gasteiger partial charge in [0.05, 0.1) is 6.42 Å². The number of likely N-dealkylation sites (tertiary alicyclic amines) is 1. The number of hydrogen-bond acceptors (Lipinski definition) is 3. The highest BCUT2D eigenvalue weighted by Gasteiger charge is 2.26. The molecule has 1 saturated heterocycles. The molecule has 1 heterocycles. The van der Waals surface area contributed by atoms with Crippen LogP contribution in [-0.2, 0) is 16.0 Å². The van der Waals surface area contributed by atoms with Crippen LogP contribution in [0, 0.1) is 5.82 Å². The van der Waals surface area contributed by atoms with Gasteiger partial charge in [0.15, 0.2) is 0 Å². The Hall–Kier alpha value is -1.63. The number of nitrogens with one attached hydrogen (secondary N) is 1. The number of carbonyl (C=O) groups excluding carboxylic acids is 2. The normalized spacial score (nSPS) is 18.0. The molecule has 1 fully saturated rings. The van der Waals surface area contributed by atoms with Gasteiger partial charge in [-0.05, 0) is 51.3 Å². The Labute approximate surface area is 156 Å². The molecule has 1 aliphatic heterocycles. The van der Waals surface area contributed by atoms with Crippen LogP contribution in [0.4, 0.5) is 9.18 Å². The van der Waals surface area contributed by atoms with Crippen LogP contribution in [0.5, 0.6) is 0 Å². The summed E-state index contributed by atoms with van der Waals surface area (Å²) in [5, 5.41) is 2.83. The van der Waals surface area contributed by atoms with Crippen LogP contribution in [0.1, 0.15) is 39.2 Å². The van der Waals surface area contributed by atoms with Gasteiger partial charge >= 0.3 is 6.09 Å². The predicted molar refractivity (Wildman–Crippen MR) is 96.8 cm³/mol. The van der Waals surface area contributed by atoms with Crippen molar-refractivity contribution < 1.29 is 18.7 Å². The fourth-order valence-electron chi connectivity index (χ4n) is 2.74. The summed E-state index contributed by atoms with van der Waals surface area (Å²) in [6.07, 6.45) is 1.35. The zero-order chi connectivity index (χ0) is 18.6. The largest absolute Gasteiger partial charge is 0.444 e. The smallest absolute Gasteiger partial charge is 0.407 e. The first-order valence-corrected chi connectivity index (χ1v) is 9.14. The van der Waals surface area contributed by atoms with Gasteiger partial charge in [0.2, 0.25) is 5.91 Å². The molecule has 2 rings (SSSR count). The fourth-order valence-corrected chi connectivity index (χ4v) is 3.23. The second-order valence-electron chi connectivity index (χ2n) is 7.24. The van der Waals surface area contributed by atoms with Crippen LogP contribution in [0.25, 0.3) is 0 Å². The van der Waals surface area contributed by atoms with E-state index in [2.05, 4.69) is 21.2 Å².